The summed E-state index contributed by atoms with van der Waals surface area (Å²) in [5, 5.41) is 3.31. The quantitative estimate of drug-likeness (QED) is 0.701. The first-order chi connectivity index (χ1) is 12.3. The highest BCUT2D eigenvalue weighted by Gasteiger charge is 2.61. The number of rotatable bonds is 3. The number of amides is 1. The number of carbonyl (C=O) groups excluding carboxylic acids is 1. The Morgan fingerprint density at radius 3 is 2.69 bits per heavy atom. The van der Waals surface area contributed by atoms with Crippen LogP contribution in [0.2, 0.25) is 0 Å². The van der Waals surface area contributed by atoms with Crippen molar-refractivity contribution in [1.82, 2.24) is 5.32 Å². The van der Waals surface area contributed by atoms with Gasteiger partial charge in [0.1, 0.15) is 0 Å². The summed E-state index contributed by atoms with van der Waals surface area (Å²) in [5.74, 6) is 5.12. The SMILES string of the molecule is CC(C)CC[C@H]1CC[C@H]2[C@@H]3[C@@H](C)C[C@H]4NC(=O)C=C[C@]4(C)[C@H]3CC[C@]12C. The molecule has 0 aromatic rings. The molecule has 2 heteroatoms. The van der Waals surface area contributed by atoms with Gasteiger partial charge in [-0.3, -0.25) is 4.79 Å². The standard InChI is InChI=1S/C24H39NO/c1-15(2)6-7-17-8-9-18-22-16(3)14-20-24(5,13-11-21(26)25-20)19(22)10-12-23(17,18)4/h11,13,15-20,22H,6-10,12,14H2,1-5H3,(H,25,26)/t16-,17-,18-,19-,20+,22-,23+,24+/m0/s1. The maximum absolute atomic E-state index is 11.9. The Labute approximate surface area is 160 Å². The molecular weight excluding hydrogens is 318 g/mol. The highest BCUT2D eigenvalue weighted by atomic mass is 16.1. The number of fused-ring (bicyclic) bond motifs is 5. The van der Waals surface area contributed by atoms with E-state index in [4.69, 9.17) is 0 Å². The Hall–Kier alpha value is -0.790. The van der Waals surface area contributed by atoms with E-state index < -0.39 is 0 Å². The van der Waals surface area contributed by atoms with Crippen molar-refractivity contribution in [2.45, 2.75) is 85.6 Å². The van der Waals surface area contributed by atoms with Crippen LogP contribution in [0.4, 0.5) is 0 Å². The fourth-order valence-electron chi connectivity index (χ4n) is 7.80. The first kappa shape index (κ1) is 18.6. The van der Waals surface area contributed by atoms with Crippen LogP contribution >= 0.6 is 0 Å². The van der Waals surface area contributed by atoms with Gasteiger partial charge in [0.2, 0.25) is 5.91 Å². The van der Waals surface area contributed by atoms with Crippen LogP contribution < -0.4 is 5.32 Å². The molecule has 0 unspecified atom stereocenters. The number of nitrogens with one attached hydrogen (secondary N) is 1. The maximum atomic E-state index is 11.9. The maximum Gasteiger partial charge on any atom is 0.243 e. The van der Waals surface area contributed by atoms with Crippen LogP contribution in [-0.4, -0.2) is 11.9 Å². The summed E-state index contributed by atoms with van der Waals surface area (Å²) >= 11 is 0. The molecule has 146 valence electrons. The minimum atomic E-state index is 0.119. The van der Waals surface area contributed by atoms with Gasteiger partial charge in [0.05, 0.1) is 0 Å². The third-order valence-electron chi connectivity index (χ3n) is 9.35. The van der Waals surface area contributed by atoms with Crippen LogP contribution in [0.15, 0.2) is 12.2 Å². The normalized spacial score (nSPS) is 50.2. The van der Waals surface area contributed by atoms with Gasteiger partial charge in [0.25, 0.3) is 0 Å². The second kappa shape index (κ2) is 6.38. The second-order valence-electron chi connectivity index (χ2n) is 11.1. The molecule has 3 saturated carbocycles. The molecule has 1 N–H and O–H groups in total. The van der Waals surface area contributed by atoms with E-state index in [1.54, 1.807) is 0 Å². The molecule has 2 nitrogen and oxygen atoms in total. The topological polar surface area (TPSA) is 29.1 Å². The highest BCUT2D eigenvalue weighted by molar-refractivity contribution is 5.89. The van der Waals surface area contributed by atoms with Gasteiger partial charge >= 0.3 is 0 Å². The molecule has 1 aliphatic heterocycles. The van der Waals surface area contributed by atoms with Crippen LogP contribution in [-0.2, 0) is 4.79 Å². The number of hydrogen-bond donors (Lipinski definition) is 1. The molecule has 3 aliphatic carbocycles. The first-order valence-corrected chi connectivity index (χ1v) is 11.3. The monoisotopic (exact) mass is 357 g/mol. The molecule has 0 saturated heterocycles. The predicted octanol–water partition coefficient (Wildman–Crippen LogP) is 5.58. The summed E-state index contributed by atoms with van der Waals surface area (Å²) in [4.78, 5) is 11.9. The van der Waals surface area contributed by atoms with Crippen molar-refractivity contribution < 1.29 is 4.79 Å². The van der Waals surface area contributed by atoms with Crippen LogP contribution in [0.1, 0.15) is 79.6 Å². The minimum absolute atomic E-state index is 0.119. The molecule has 0 radical (unpaired) electrons. The summed E-state index contributed by atoms with van der Waals surface area (Å²) in [6.45, 7) is 12.3. The summed E-state index contributed by atoms with van der Waals surface area (Å²) < 4.78 is 0. The van der Waals surface area contributed by atoms with Crippen LogP contribution in [0.25, 0.3) is 0 Å². The number of carbonyl (C=O) groups is 1. The first-order valence-electron chi connectivity index (χ1n) is 11.3. The molecular formula is C24H39NO. The zero-order valence-corrected chi connectivity index (χ0v) is 17.6. The Morgan fingerprint density at radius 2 is 1.96 bits per heavy atom. The third kappa shape index (κ3) is 2.69. The van der Waals surface area contributed by atoms with Crippen LogP contribution in [0, 0.1) is 46.3 Å². The van der Waals surface area contributed by atoms with E-state index in [-0.39, 0.29) is 11.3 Å². The summed E-state index contributed by atoms with van der Waals surface area (Å²) in [7, 11) is 0. The lowest BCUT2D eigenvalue weighted by Gasteiger charge is -2.61. The van der Waals surface area contributed by atoms with Crippen LogP contribution in [0.3, 0.4) is 0 Å². The molecule has 4 aliphatic rings. The van der Waals surface area contributed by atoms with Gasteiger partial charge in [0, 0.05) is 11.5 Å². The van der Waals surface area contributed by atoms with Crippen molar-refractivity contribution in [1.29, 1.82) is 0 Å². The van der Waals surface area contributed by atoms with E-state index in [9.17, 15) is 4.79 Å². The third-order valence-corrected chi connectivity index (χ3v) is 9.35. The second-order valence-corrected chi connectivity index (χ2v) is 11.1. The lowest BCUT2D eigenvalue weighted by atomic mass is 9.45. The zero-order valence-electron chi connectivity index (χ0n) is 17.6. The van der Waals surface area contributed by atoms with E-state index in [1.807, 2.05) is 6.08 Å². The molecule has 0 aromatic carbocycles. The Balaban J connectivity index is 1.60. The minimum Gasteiger partial charge on any atom is -0.349 e. The van der Waals surface area contributed by atoms with E-state index in [2.05, 4.69) is 46.0 Å². The molecule has 0 aromatic heterocycles. The lowest BCUT2D eigenvalue weighted by molar-refractivity contribution is -0.125. The summed E-state index contributed by atoms with van der Waals surface area (Å²) in [5.41, 5.74) is 0.734. The molecule has 1 heterocycles. The van der Waals surface area contributed by atoms with Crippen molar-refractivity contribution in [3.63, 3.8) is 0 Å². The van der Waals surface area contributed by atoms with Gasteiger partial charge in [-0.2, -0.15) is 0 Å². The lowest BCUT2D eigenvalue weighted by Crippen LogP contribution is -2.61. The highest BCUT2D eigenvalue weighted by Crippen LogP contribution is 2.66. The van der Waals surface area contributed by atoms with Crippen molar-refractivity contribution in [3.05, 3.63) is 12.2 Å². The Bertz CT molecular complexity index is 595. The Kier molecular flexibility index (Phi) is 4.56. The fraction of sp³-hybridized carbons (Fsp3) is 0.875. The fourth-order valence-corrected chi connectivity index (χ4v) is 7.80. The van der Waals surface area contributed by atoms with E-state index >= 15 is 0 Å². The largest absolute Gasteiger partial charge is 0.349 e. The molecule has 4 rings (SSSR count). The molecule has 0 bridgehead atoms. The predicted molar refractivity (Wildman–Crippen MR) is 108 cm³/mol. The van der Waals surface area contributed by atoms with E-state index in [1.165, 1.54) is 38.5 Å². The average molecular weight is 358 g/mol. The van der Waals surface area contributed by atoms with Gasteiger partial charge < -0.3 is 5.32 Å². The van der Waals surface area contributed by atoms with Crippen molar-refractivity contribution in [2.75, 3.05) is 0 Å². The van der Waals surface area contributed by atoms with Crippen molar-refractivity contribution >= 4 is 5.91 Å². The van der Waals surface area contributed by atoms with Gasteiger partial charge in [-0.1, -0.05) is 47.1 Å². The molecule has 8 atom stereocenters. The van der Waals surface area contributed by atoms with Gasteiger partial charge in [-0.15, -0.1) is 0 Å². The van der Waals surface area contributed by atoms with Crippen LogP contribution in [0.5, 0.6) is 0 Å². The molecule has 26 heavy (non-hydrogen) atoms. The van der Waals surface area contributed by atoms with E-state index in [0.29, 0.717) is 11.5 Å². The van der Waals surface area contributed by atoms with Gasteiger partial charge in [-0.25, -0.2) is 0 Å². The van der Waals surface area contributed by atoms with Gasteiger partial charge in [0.15, 0.2) is 0 Å². The molecule has 1 amide bonds. The molecule has 3 fully saturated rings. The van der Waals surface area contributed by atoms with Gasteiger partial charge in [-0.05, 0) is 85.5 Å². The average Bonchev–Trinajstić information content (AvgIpc) is 2.91. The zero-order chi connectivity index (χ0) is 18.7. The van der Waals surface area contributed by atoms with Crippen molar-refractivity contribution in [2.24, 2.45) is 46.3 Å². The summed E-state index contributed by atoms with van der Waals surface area (Å²) in [6.07, 6.45) is 13.8. The van der Waals surface area contributed by atoms with Crippen molar-refractivity contribution in [3.8, 4) is 0 Å². The number of hydrogen-bond acceptors (Lipinski definition) is 1. The smallest absolute Gasteiger partial charge is 0.243 e. The Morgan fingerprint density at radius 1 is 1.19 bits per heavy atom. The van der Waals surface area contributed by atoms with E-state index in [0.717, 1.165) is 41.9 Å². The summed E-state index contributed by atoms with van der Waals surface area (Å²) in [6, 6.07) is 0.346. The molecule has 0 spiro atoms.